The number of nitrogens with zero attached hydrogens (tertiary/aromatic N) is 2. The minimum Gasteiger partial charge on any atom is -0.324 e. The van der Waals surface area contributed by atoms with Crippen LogP contribution in [0.15, 0.2) is 66.7 Å². The van der Waals surface area contributed by atoms with Crippen LogP contribution in [0.25, 0.3) is 10.8 Å². The zero-order chi connectivity index (χ0) is 21.6. The standard InChI is InChI=1S/C24H25ClN4O2/c25-20-9-3-4-10-22(20)27-24(31)17-29-14-12-28(13-15-29)16-23(30)26-21-11-5-7-18-6-1-2-8-19(18)21/h1-11H,12-17H2,(H,26,30)(H,27,31). The Kier molecular flexibility index (Phi) is 6.82. The smallest absolute Gasteiger partial charge is 0.238 e. The molecule has 3 aromatic carbocycles. The van der Waals surface area contributed by atoms with Gasteiger partial charge in [0.1, 0.15) is 0 Å². The van der Waals surface area contributed by atoms with Crippen LogP contribution in [0, 0.1) is 0 Å². The van der Waals surface area contributed by atoms with E-state index in [0.29, 0.717) is 23.8 Å². The first kappa shape index (κ1) is 21.3. The second-order valence-corrected chi connectivity index (χ2v) is 8.06. The van der Waals surface area contributed by atoms with Gasteiger partial charge in [0.2, 0.25) is 11.8 Å². The Morgan fingerprint density at radius 1 is 0.710 bits per heavy atom. The van der Waals surface area contributed by atoms with E-state index < -0.39 is 0 Å². The Balaban J connectivity index is 1.24. The summed E-state index contributed by atoms with van der Waals surface area (Å²) in [5.74, 6) is -0.114. The summed E-state index contributed by atoms with van der Waals surface area (Å²) in [6, 6.07) is 21.1. The van der Waals surface area contributed by atoms with E-state index in [1.54, 1.807) is 12.1 Å². The summed E-state index contributed by atoms with van der Waals surface area (Å²) in [6.45, 7) is 3.59. The van der Waals surface area contributed by atoms with Crippen molar-refractivity contribution in [1.29, 1.82) is 0 Å². The van der Waals surface area contributed by atoms with Gasteiger partial charge in [0.05, 0.1) is 23.8 Å². The summed E-state index contributed by atoms with van der Waals surface area (Å²) >= 11 is 6.10. The molecule has 0 saturated carbocycles. The summed E-state index contributed by atoms with van der Waals surface area (Å²) < 4.78 is 0. The van der Waals surface area contributed by atoms with Crippen LogP contribution >= 0.6 is 11.6 Å². The van der Waals surface area contributed by atoms with Crippen LogP contribution in [0.5, 0.6) is 0 Å². The molecule has 0 spiro atoms. The number of anilines is 2. The van der Waals surface area contributed by atoms with Crippen molar-refractivity contribution in [3.05, 3.63) is 71.8 Å². The molecule has 0 bridgehead atoms. The lowest BCUT2D eigenvalue weighted by molar-refractivity contribution is -0.120. The van der Waals surface area contributed by atoms with Crippen molar-refractivity contribution < 1.29 is 9.59 Å². The molecule has 31 heavy (non-hydrogen) atoms. The third-order valence-electron chi connectivity index (χ3n) is 5.41. The third kappa shape index (κ3) is 5.61. The van der Waals surface area contributed by atoms with E-state index in [9.17, 15) is 9.59 Å². The third-order valence-corrected chi connectivity index (χ3v) is 5.74. The average molecular weight is 437 g/mol. The van der Waals surface area contributed by atoms with Crippen molar-refractivity contribution in [1.82, 2.24) is 9.80 Å². The van der Waals surface area contributed by atoms with E-state index >= 15 is 0 Å². The molecule has 1 aliphatic heterocycles. The zero-order valence-electron chi connectivity index (χ0n) is 17.2. The Morgan fingerprint density at radius 2 is 1.23 bits per heavy atom. The van der Waals surface area contributed by atoms with Gasteiger partial charge in [-0.1, -0.05) is 60.1 Å². The molecule has 0 aromatic heterocycles. The molecular formula is C24H25ClN4O2. The number of hydrogen-bond donors (Lipinski definition) is 2. The van der Waals surface area contributed by atoms with Gasteiger partial charge < -0.3 is 10.6 Å². The molecule has 3 aromatic rings. The topological polar surface area (TPSA) is 64.7 Å². The number of nitrogens with one attached hydrogen (secondary N) is 2. The molecule has 0 radical (unpaired) electrons. The highest BCUT2D eigenvalue weighted by atomic mass is 35.5. The van der Waals surface area contributed by atoms with Gasteiger partial charge in [-0.2, -0.15) is 0 Å². The molecule has 1 aliphatic rings. The Morgan fingerprint density at radius 3 is 1.90 bits per heavy atom. The molecule has 0 aliphatic carbocycles. The Labute approximate surface area is 186 Å². The fraction of sp³-hybridized carbons (Fsp3) is 0.250. The van der Waals surface area contributed by atoms with Crippen LogP contribution in [-0.2, 0) is 9.59 Å². The summed E-state index contributed by atoms with van der Waals surface area (Å²) in [5, 5.41) is 8.55. The van der Waals surface area contributed by atoms with Crippen molar-refractivity contribution in [2.45, 2.75) is 0 Å². The van der Waals surface area contributed by atoms with E-state index in [0.717, 1.165) is 42.6 Å². The van der Waals surface area contributed by atoms with Gasteiger partial charge in [0.25, 0.3) is 0 Å². The van der Waals surface area contributed by atoms with E-state index in [1.807, 2.05) is 54.6 Å². The van der Waals surface area contributed by atoms with Gasteiger partial charge in [-0.25, -0.2) is 0 Å². The van der Waals surface area contributed by atoms with Crippen LogP contribution in [0.4, 0.5) is 11.4 Å². The summed E-state index contributed by atoms with van der Waals surface area (Å²) in [6.07, 6.45) is 0. The summed E-state index contributed by atoms with van der Waals surface area (Å²) in [5.41, 5.74) is 1.45. The number of amides is 2. The number of carbonyl (C=O) groups is 2. The molecule has 160 valence electrons. The van der Waals surface area contributed by atoms with Crippen LogP contribution in [0.2, 0.25) is 5.02 Å². The highest BCUT2D eigenvalue weighted by molar-refractivity contribution is 6.33. The molecule has 1 saturated heterocycles. The first-order chi connectivity index (χ1) is 15.1. The van der Waals surface area contributed by atoms with Crippen molar-refractivity contribution in [3.8, 4) is 0 Å². The Hall–Kier alpha value is -2.93. The first-order valence-electron chi connectivity index (χ1n) is 10.4. The molecular weight excluding hydrogens is 412 g/mol. The summed E-state index contributed by atoms with van der Waals surface area (Å²) in [7, 11) is 0. The second-order valence-electron chi connectivity index (χ2n) is 7.66. The normalized spacial score (nSPS) is 15.0. The highest BCUT2D eigenvalue weighted by Gasteiger charge is 2.21. The van der Waals surface area contributed by atoms with Gasteiger partial charge in [-0.3, -0.25) is 19.4 Å². The SMILES string of the molecule is O=C(CN1CCN(CC(=O)Nc2cccc3ccccc23)CC1)Nc1ccccc1Cl. The molecule has 0 unspecified atom stereocenters. The number of rotatable bonds is 6. The quantitative estimate of drug-likeness (QED) is 0.618. The number of piperazine rings is 1. The van der Waals surface area contributed by atoms with Gasteiger partial charge in [-0.05, 0) is 23.6 Å². The minimum atomic E-state index is -0.0877. The van der Waals surface area contributed by atoms with Crippen molar-refractivity contribution in [2.75, 3.05) is 49.9 Å². The molecule has 1 fully saturated rings. The number of benzene rings is 3. The second kappa shape index (κ2) is 9.92. The number of para-hydroxylation sites is 1. The fourth-order valence-corrected chi connectivity index (χ4v) is 3.97. The number of fused-ring (bicyclic) bond motifs is 1. The maximum absolute atomic E-state index is 12.6. The fourth-order valence-electron chi connectivity index (χ4n) is 3.79. The van der Waals surface area contributed by atoms with E-state index in [4.69, 9.17) is 11.6 Å². The van der Waals surface area contributed by atoms with Gasteiger partial charge in [0, 0.05) is 37.3 Å². The average Bonchev–Trinajstić information content (AvgIpc) is 2.77. The molecule has 1 heterocycles. The van der Waals surface area contributed by atoms with Crippen LogP contribution < -0.4 is 10.6 Å². The van der Waals surface area contributed by atoms with Crippen LogP contribution in [0.1, 0.15) is 0 Å². The van der Waals surface area contributed by atoms with E-state index in [-0.39, 0.29) is 11.8 Å². The lowest BCUT2D eigenvalue weighted by atomic mass is 10.1. The predicted octanol–water partition coefficient (Wildman–Crippen LogP) is 3.69. The van der Waals surface area contributed by atoms with Crippen molar-refractivity contribution >= 4 is 45.6 Å². The molecule has 2 amide bonds. The zero-order valence-corrected chi connectivity index (χ0v) is 17.9. The monoisotopic (exact) mass is 436 g/mol. The molecule has 2 N–H and O–H groups in total. The first-order valence-corrected chi connectivity index (χ1v) is 10.7. The van der Waals surface area contributed by atoms with Gasteiger partial charge in [0.15, 0.2) is 0 Å². The number of carbonyl (C=O) groups excluding carboxylic acids is 2. The number of halogens is 1. The van der Waals surface area contributed by atoms with Gasteiger partial charge in [-0.15, -0.1) is 0 Å². The number of hydrogen-bond acceptors (Lipinski definition) is 4. The van der Waals surface area contributed by atoms with Crippen molar-refractivity contribution in [3.63, 3.8) is 0 Å². The molecule has 6 nitrogen and oxygen atoms in total. The van der Waals surface area contributed by atoms with Crippen molar-refractivity contribution in [2.24, 2.45) is 0 Å². The maximum atomic E-state index is 12.6. The predicted molar refractivity (Wildman–Crippen MR) is 126 cm³/mol. The molecule has 0 atom stereocenters. The minimum absolute atomic E-state index is 0.0266. The Bertz CT molecular complexity index is 1070. The molecule has 4 rings (SSSR count). The lowest BCUT2D eigenvalue weighted by Gasteiger charge is -2.33. The molecule has 7 heteroatoms. The maximum Gasteiger partial charge on any atom is 0.238 e. The van der Waals surface area contributed by atoms with E-state index in [2.05, 4.69) is 20.4 Å². The van der Waals surface area contributed by atoms with Gasteiger partial charge >= 0.3 is 0 Å². The largest absolute Gasteiger partial charge is 0.324 e. The van der Waals surface area contributed by atoms with E-state index in [1.165, 1.54) is 0 Å². The lowest BCUT2D eigenvalue weighted by Crippen LogP contribution is -2.50. The highest BCUT2D eigenvalue weighted by Crippen LogP contribution is 2.23. The van der Waals surface area contributed by atoms with Crippen LogP contribution in [-0.4, -0.2) is 60.9 Å². The summed E-state index contributed by atoms with van der Waals surface area (Å²) in [4.78, 5) is 29.1. The van der Waals surface area contributed by atoms with Crippen LogP contribution in [0.3, 0.4) is 0 Å².